The highest BCUT2D eigenvalue weighted by molar-refractivity contribution is 6.17. The highest BCUT2D eigenvalue weighted by atomic mass is 35.5. The SMILES string of the molecule is C[C@H]1C[C@H](C)CN(CCCCl)C1.Cl. The molecule has 80 valence electrons. The summed E-state index contributed by atoms with van der Waals surface area (Å²) in [4.78, 5) is 2.56. The van der Waals surface area contributed by atoms with Crippen LogP contribution < -0.4 is 0 Å². The second kappa shape index (κ2) is 6.92. The summed E-state index contributed by atoms with van der Waals surface area (Å²) in [6.45, 7) is 8.45. The molecule has 0 aromatic carbocycles. The van der Waals surface area contributed by atoms with Crippen LogP contribution in [0.3, 0.4) is 0 Å². The Bertz CT molecular complexity index is 120. The van der Waals surface area contributed by atoms with Crippen LogP contribution in [-0.2, 0) is 0 Å². The topological polar surface area (TPSA) is 3.24 Å². The number of nitrogens with zero attached hydrogens (tertiary/aromatic N) is 1. The quantitative estimate of drug-likeness (QED) is 0.668. The molecule has 13 heavy (non-hydrogen) atoms. The predicted molar refractivity (Wildman–Crippen MR) is 62.0 cm³/mol. The van der Waals surface area contributed by atoms with Crippen molar-refractivity contribution in [2.24, 2.45) is 11.8 Å². The van der Waals surface area contributed by atoms with Gasteiger partial charge in [-0.15, -0.1) is 24.0 Å². The van der Waals surface area contributed by atoms with Crippen LogP contribution in [0.15, 0.2) is 0 Å². The van der Waals surface area contributed by atoms with Crippen LogP contribution in [0.4, 0.5) is 0 Å². The van der Waals surface area contributed by atoms with Gasteiger partial charge in [-0.3, -0.25) is 0 Å². The first kappa shape index (κ1) is 13.5. The monoisotopic (exact) mass is 225 g/mol. The number of alkyl halides is 1. The van der Waals surface area contributed by atoms with E-state index in [9.17, 15) is 0 Å². The summed E-state index contributed by atoms with van der Waals surface area (Å²) in [5.74, 6) is 2.56. The standard InChI is InChI=1S/C10H20ClN.ClH/c1-9-6-10(2)8-12(7-9)5-3-4-11;/h9-10H,3-8H2,1-2H3;1H/t9-,10-;/m0./s1. The summed E-state index contributed by atoms with van der Waals surface area (Å²) in [5, 5.41) is 0. The molecule has 1 nitrogen and oxygen atoms in total. The van der Waals surface area contributed by atoms with E-state index in [4.69, 9.17) is 11.6 Å². The molecule has 0 N–H and O–H groups in total. The minimum absolute atomic E-state index is 0. The highest BCUT2D eigenvalue weighted by Crippen LogP contribution is 2.20. The van der Waals surface area contributed by atoms with Gasteiger partial charge in [-0.05, 0) is 31.2 Å². The number of halogens is 2. The minimum Gasteiger partial charge on any atom is -0.303 e. The minimum atomic E-state index is 0. The summed E-state index contributed by atoms with van der Waals surface area (Å²) in [5.41, 5.74) is 0. The molecule has 0 aromatic heterocycles. The third-order valence-electron chi connectivity index (χ3n) is 2.55. The normalized spacial score (nSPS) is 29.8. The van der Waals surface area contributed by atoms with E-state index < -0.39 is 0 Å². The first-order valence-corrected chi connectivity index (χ1v) is 5.54. The molecule has 1 aliphatic heterocycles. The molecule has 0 amide bonds. The summed E-state index contributed by atoms with van der Waals surface area (Å²) in [6, 6.07) is 0. The number of likely N-dealkylation sites (tertiary alicyclic amines) is 1. The van der Waals surface area contributed by atoms with Crippen molar-refractivity contribution in [2.45, 2.75) is 26.7 Å². The summed E-state index contributed by atoms with van der Waals surface area (Å²) >= 11 is 5.67. The molecule has 1 rings (SSSR count). The Balaban J connectivity index is 0.00000144. The third-order valence-corrected chi connectivity index (χ3v) is 2.82. The lowest BCUT2D eigenvalue weighted by Crippen LogP contribution is -2.39. The van der Waals surface area contributed by atoms with Gasteiger partial charge in [0.05, 0.1) is 0 Å². The molecule has 0 radical (unpaired) electrons. The van der Waals surface area contributed by atoms with Crippen molar-refractivity contribution >= 4 is 24.0 Å². The molecule has 1 saturated heterocycles. The molecule has 0 bridgehead atoms. The maximum Gasteiger partial charge on any atom is 0.0235 e. The Hall–Kier alpha value is 0.540. The highest BCUT2D eigenvalue weighted by Gasteiger charge is 2.20. The van der Waals surface area contributed by atoms with Crippen molar-refractivity contribution in [2.75, 3.05) is 25.5 Å². The van der Waals surface area contributed by atoms with Crippen LogP contribution in [0.2, 0.25) is 0 Å². The van der Waals surface area contributed by atoms with Gasteiger partial charge in [0.2, 0.25) is 0 Å². The van der Waals surface area contributed by atoms with Crippen molar-refractivity contribution in [1.29, 1.82) is 0 Å². The Morgan fingerprint density at radius 1 is 1.23 bits per heavy atom. The van der Waals surface area contributed by atoms with E-state index in [0.29, 0.717) is 0 Å². The van der Waals surface area contributed by atoms with E-state index >= 15 is 0 Å². The molecular formula is C10H21Cl2N. The zero-order valence-electron chi connectivity index (χ0n) is 8.63. The average molecular weight is 226 g/mol. The largest absolute Gasteiger partial charge is 0.303 e. The van der Waals surface area contributed by atoms with Gasteiger partial charge < -0.3 is 4.90 Å². The van der Waals surface area contributed by atoms with E-state index in [-0.39, 0.29) is 12.4 Å². The van der Waals surface area contributed by atoms with Gasteiger partial charge in [0.25, 0.3) is 0 Å². The number of rotatable bonds is 3. The molecule has 1 heterocycles. The van der Waals surface area contributed by atoms with Crippen molar-refractivity contribution < 1.29 is 0 Å². The molecule has 1 fully saturated rings. The Labute approximate surface area is 93.2 Å². The summed E-state index contributed by atoms with van der Waals surface area (Å²) < 4.78 is 0. The smallest absolute Gasteiger partial charge is 0.0235 e. The van der Waals surface area contributed by atoms with Crippen LogP contribution >= 0.6 is 24.0 Å². The van der Waals surface area contributed by atoms with E-state index in [2.05, 4.69) is 18.7 Å². The van der Waals surface area contributed by atoms with Crippen LogP contribution in [0.25, 0.3) is 0 Å². The second-order valence-corrected chi connectivity index (χ2v) is 4.63. The van der Waals surface area contributed by atoms with Crippen LogP contribution in [0.5, 0.6) is 0 Å². The maximum atomic E-state index is 5.67. The molecular weight excluding hydrogens is 205 g/mol. The molecule has 0 aromatic rings. The van der Waals surface area contributed by atoms with Gasteiger partial charge >= 0.3 is 0 Å². The average Bonchev–Trinajstić information content (AvgIpc) is 1.99. The Kier molecular flexibility index (Phi) is 7.20. The molecule has 3 heteroatoms. The van der Waals surface area contributed by atoms with Crippen LogP contribution in [-0.4, -0.2) is 30.4 Å². The Morgan fingerprint density at radius 3 is 2.23 bits per heavy atom. The lowest BCUT2D eigenvalue weighted by atomic mass is 9.92. The van der Waals surface area contributed by atoms with Gasteiger partial charge in [0, 0.05) is 19.0 Å². The van der Waals surface area contributed by atoms with Gasteiger partial charge in [-0.1, -0.05) is 13.8 Å². The third kappa shape index (κ3) is 5.09. The Morgan fingerprint density at radius 2 is 1.77 bits per heavy atom. The molecule has 0 unspecified atom stereocenters. The van der Waals surface area contributed by atoms with Gasteiger partial charge in [-0.2, -0.15) is 0 Å². The number of hydrogen-bond acceptors (Lipinski definition) is 1. The fourth-order valence-electron chi connectivity index (χ4n) is 2.26. The van der Waals surface area contributed by atoms with Gasteiger partial charge in [0.15, 0.2) is 0 Å². The number of piperidine rings is 1. The van der Waals surface area contributed by atoms with Crippen molar-refractivity contribution in [3.63, 3.8) is 0 Å². The van der Waals surface area contributed by atoms with Crippen molar-refractivity contribution in [3.05, 3.63) is 0 Å². The molecule has 0 spiro atoms. The van der Waals surface area contributed by atoms with E-state index in [1.807, 2.05) is 0 Å². The summed E-state index contributed by atoms with van der Waals surface area (Å²) in [6.07, 6.45) is 2.54. The van der Waals surface area contributed by atoms with Gasteiger partial charge in [-0.25, -0.2) is 0 Å². The fourth-order valence-corrected chi connectivity index (χ4v) is 2.38. The summed E-state index contributed by atoms with van der Waals surface area (Å²) in [7, 11) is 0. The molecule has 1 aliphatic rings. The molecule has 0 saturated carbocycles. The molecule has 0 aliphatic carbocycles. The first-order valence-electron chi connectivity index (χ1n) is 5.00. The van der Waals surface area contributed by atoms with E-state index in [0.717, 1.165) is 24.1 Å². The van der Waals surface area contributed by atoms with E-state index in [1.54, 1.807) is 0 Å². The van der Waals surface area contributed by atoms with Crippen LogP contribution in [0.1, 0.15) is 26.7 Å². The van der Waals surface area contributed by atoms with Crippen LogP contribution in [0, 0.1) is 11.8 Å². The van der Waals surface area contributed by atoms with Gasteiger partial charge in [0.1, 0.15) is 0 Å². The second-order valence-electron chi connectivity index (χ2n) is 4.25. The zero-order valence-corrected chi connectivity index (χ0v) is 10.2. The lowest BCUT2D eigenvalue weighted by molar-refractivity contribution is 0.141. The maximum absolute atomic E-state index is 5.67. The zero-order chi connectivity index (χ0) is 8.97. The molecule has 2 atom stereocenters. The van der Waals surface area contributed by atoms with Crippen molar-refractivity contribution in [3.8, 4) is 0 Å². The number of hydrogen-bond donors (Lipinski definition) is 0. The fraction of sp³-hybridized carbons (Fsp3) is 1.00. The predicted octanol–water partition coefficient (Wildman–Crippen LogP) is 3.02. The van der Waals surface area contributed by atoms with E-state index in [1.165, 1.54) is 26.1 Å². The van der Waals surface area contributed by atoms with Crippen molar-refractivity contribution in [1.82, 2.24) is 4.90 Å². The first-order chi connectivity index (χ1) is 5.72. The lowest BCUT2D eigenvalue weighted by Gasteiger charge is -2.34.